The minimum atomic E-state index is 1.02. The first-order valence-corrected chi connectivity index (χ1v) is 8.00. The Kier molecular flexibility index (Phi) is 2.89. The van der Waals surface area contributed by atoms with Gasteiger partial charge in [0.2, 0.25) is 0 Å². The van der Waals surface area contributed by atoms with Gasteiger partial charge >= 0.3 is 0 Å². The van der Waals surface area contributed by atoms with Crippen LogP contribution in [0.1, 0.15) is 36.1 Å². The highest BCUT2D eigenvalue weighted by Crippen LogP contribution is 2.39. The Hall–Kier alpha value is -1.20. The number of hydrazine groups is 1. The normalized spacial score (nSPS) is 19.8. The van der Waals surface area contributed by atoms with E-state index in [0.717, 1.165) is 23.7 Å². The molecule has 19 heavy (non-hydrogen) atoms. The van der Waals surface area contributed by atoms with Gasteiger partial charge in [-0.05, 0) is 37.7 Å². The number of thiophene rings is 1. The van der Waals surface area contributed by atoms with Gasteiger partial charge in [-0.15, -0.1) is 11.3 Å². The van der Waals surface area contributed by atoms with Crippen molar-refractivity contribution >= 4 is 27.4 Å². The lowest BCUT2D eigenvalue weighted by Gasteiger charge is -2.27. The van der Waals surface area contributed by atoms with Gasteiger partial charge in [-0.3, -0.25) is 0 Å². The van der Waals surface area contributed by atoms with E-state index in [4.69, 9.17) is 0 Å². The molecule has 3 heterocycles. The van der Waals surface area contributed by atoms with E-state index in [1.807, 2.05) is 11.3 Å². The maximum Gasteiger partial charge on any atom is 0.152 e. The number of nitrogens with one attached hydrogen (secondary N) is 1. The summed E-state index contributed by atoms with van der Waals surface area (Å²) in [6.07, 6.45) is 9.31. The van der Waals surface area contributed by atoms with Crippen molar-refractivity contribution in [1.29, 1.82) is 0 Å². The van der Waals surface area contributed by atoms with E-state index in [2.05, 4.69) is 20.4 Å². The molecule has 1 fully saturated rings. The molecule has 1 aliphatic heterocycles. The highest BCUT2D eigenvalue weighted by molar-refractivity contribution is 7.19. The maximum absolute atomic E-state index is 4.49. The van der Waals surface area contributed by atoms with Crippen LogP contribution >= 0.6 is 11.3 Å². The Bertz CT molecular complexity index is 601. The Morgan fingerprint density at radius 2 is 1.95 bits per heavy atom. The minimum absolute atomic E-state index is 1.02. The van der Waals surface area contributed by atoms with E-state index in [9.17, 15) is 0 Å². The second-order valence-corrected chi connectivity index (χ2v) is 6.50. The van der Waals surface area contributed by atoms with Crippen molar-refractivity contribution < 1.29 is 0 Å². The molecule has 4 rings (SSSR count). The summed E-state index contributed by atoms with van der Waals surface area (Å²) in [5.74, 6) is 1.02. The molecule has 0 saturated carbocycles. The third kappa shape index (κ3) is 2.01. The van der Waals surface area contributed by atoms with Crippen molar-refractivity contribution in [2.45, 2.75) is 38.5 Å². The van der Waals surface area contributed by atoms with Crippen LogP contribution in [0.5, 0.6) is 0 Å². The first kappa shape index (κ1) is 11.6. The lowest BCUT2D eigenvalue weighted by Crippen LogP contribution is -2.35. The van der Waals surface area contributed by atoms with Gasteiger partial charge in [0.15, 0.2) is 5.82 Å². The first-order valence-electron chi connectivity index (χ1n) is 7.19. The van der Waals surface area contributed by atoms with Crippen LogP contribution in [0.3, 0.4) is 0 Å². The third-order valence-electron chi connectivity index (χ3n) is 4.12. The van der Waals surface area contributed by atoms with Gasteiger partial charge in [-0.25, -0.2) is 15.0 Å². The van der Waals surface area contributed by atoms with Crippen molar-refractivity contribution in [3.05, 3.63) is 16.8 Å². The zero-order valence-electron chi connectivity index (χ0n) is 11.0. The number of aromatic nitrogens is 2. The second-order valence-electron chi connectivity index (χ2n) is 5.42. The van der Waals surface area contributed by atoms with Gasteiger partial charge < -0.3 is 5.43 Å². The summed E-state index contributed by atoms with van der Waals surface area (Å²) < 4.78 is 0. The average Bonchev–Trinajstić information content (AvgIpc) is 3.00. The van der Waals surface area contributed by atoms with Crippen LogP contribution < -0.4 is 5.43 Å². The van der Waals surface area contributed by atoms with Crippen LogP contribution in [-0.2, 0) is 12.8 Å². The number of aryl methyl sites for hydroxylation is 2. The van der Waals surface area contributed by atoms with E-state index >= 15 is 0 Å². The van der Waals surface area contributed by atoms with E-state index in [0.29, 0.717) is 0 Å². The SMILES string of the molecule is c1nc(NN2CCCCC2)c2c3c(sc2n1)CCC3. The van der Waals surface area contributed by atoms with Crippen molar-refractivity contribution in [1.82, 2.24) is 15.0 Å². The van der Waals surface area contributed by atoms with Crippen LogP contribution in [0.25, 0.3) is 10.2 Å². The molecule has 1 saturated heterocycles. The van der Waals surface area contributed by atoms with E-state index in [1.165, 1.54) is 54.4 Å². The molecule has 100 valence electrons. The molecule has 4 nitrogen and oxygen atoms in total. The summed E-state index contributed by atoms with van der Waals surface area (Å²) >= 11 is 1.85. The van der Waals surface area contributed by atoms with Gasteiger partial charge in [-0.2, -0.15) is 0 Å². The van der Waals surface area contributed by atoms with E-state index in [-0.39, 0.29) is 0 Å². The molecule has 2 aromatic rings. The molecule has 5 heteroatoms. The quantitative estimate of drug-likeness (QED) is 0.914. The molecule has 0 amide bonds. The predicted molar refractivity (Wildman–Crippen MR) is 78.5 cm³/mol. The average molecular weight is 274 g/mol. The number of anilines is 1. The fraction of sp³-hybridized carbons (Fsp3) is 0.571. The smallest absolute Gasteiger partial charge is 0.152 e. The third-order valence-corrected chi connectivity index (χ3v) is 5.32. The first-order chi connectivity index (χ1) is 9.42. The van der Waals surface area contributed by atoms with Crippen molar-refractivity contribution in [2.24, 2.45) is 0 Å². The molecule has 0 atom stereocenters. The number of hydrogen-bond acceptors (Lipinski definition) is 5. The number of piperidine rings is 1. The molecule has 0 spiro atoms. The molecule has 1 N–H and O–H groups in total. The lowest BCUT2D eigenvalue weighted by atomic mass is 10.1. The summed E-state index contributed by atoms with van der Waals surface area (Å²) in [6.45, 7) is 2.25. The van der Waals surface area contributed by atoms with Crippen molar-refractivity contribution in [3.63, 3.8) is 0 Å². The summed E-state index contributed by atoms with van der Waals surface area (Å²) in [5, 5.41) is 3.59. The largest absolute Gasteiger partial charge is 0.302 e. The fourth-order valence-electron chi connectivity index (χ4n) is 3.17. The van der Waals surface area contributed by atoms with Crippen LogP contribution in [-0.4, -0.2) is 28.1 Å². The van der Waals surface area contributed by atoms with Crippen LogP contribution in [0.4, 0.5) is 5.82 Å². The Labute approximate surface area is 116 Å². The Morgan fingerprint density at radius 3 is 2.84 bits per heavy atom. The van der Waals surface area contributed by atoms with E-state index in [1.54, 1.807) is 6.33 Å². The molecule has 0 aromatic carbocycles. The zero-order valence-corrected chi connectivity index (χ0v) is 11.8. The predicted octanol–water partition coefficient (Wildman–Crippen LogP) is 2.99. The minimum Gasteiger partial charge on any atom is -0.302 e. The molecular weight excluding hydrogens is 256 g/mol. The lowest BCUT2D eigenvalue weighted by molar-refractivity contribution is 0.272. The van der Waals surface area contributed by atoms with E-state index < -0.39 is 0 Å². The van der Waals surface area contributed by atoms with Gasteiger partial charge in [0.1, 0.15) is 11.2 Å². The summed E-state index contributed by atoms with van der Waals surface area (Å²) in [5.41, 5.74) is 5.03. The molecule has 0 unspecified atom stereocenters. The molecule has 2 aliphatic rings. The number of fused-ring (bicyclic) bond motifs is 3. The van der Waals surface area contributed by atoms with Gasteiger partial charge in [-0.1, -0.05) is 6.42 Å². The molecular formula is C14H18N4S. The fourth-order valence-corrected chi connectivity index (χ4v) is 4.40. The number of rotatable bonds is 2. The molecule has 0 radical (unpaired) electrons. The summed E-state index contributed by atoms with van der Waals surface area (Å²) in [6, 6.07) is 0. The summed E-state index contributed by atoms with van der Waals surface area (Å²) in [7, 11) is 0. The van der Waals surface area contributed by atoms with Crippen molar-refractivity contribution in [3.8, 4) is 0 Å². The standard InChI is InChI=1S/C14H18N4S/c1-2-7-18(8-3-1)17-13-12-10-5-4-6-11(10)19-14(12)16-9-15-13/h9H,1-8H2,(H,15,16,17). The summed E-state index contributed by atoms with van der Waals surface area (Å²) in [4.78, 5) is 11.6. The zero-order chi connectivity index (χ0) is 12.7. The van der Waals surface area contributed by atoms with Crippen molar-refractivity contribution in [2.75, 3.05) is 18.5 Å². The Balaban J connectivity index is 1.72. The van der Waals surface area contributed by atoms with Gasteiger partial charge in [0.05, 0.1) is 5.39 Å². The molecule has 0 bridgehead atoms. The second kappa shape index (κ2) is 4.72. The van der Waals surface area contributed by atoms with Gasteiger partial charge in [0.25, 0.3) is 0 Å². The van der Waals surface area contributed by atoms with Crippen LogP contribution in [0, 0.1) is 0 Å². The van der Waals surface area contributed by atoms with Crippen LogP contribution in [0.15, 0.2) is 6.33 Å². The van der Waals surface area contributed by atoms with Gasteiger partial charge in [0, 0.05) is 18.0 Å². The highest BCUT2D eigenvalue weighted by atomic mass is 32.1. The highest BCUT2D eigenvalue weighted by Gasteiger charge is 2.22. The molecule has 2 aromatic heterocycles. The van der Waals surface area contributed by atoms with Crippen LogP contribution in [0.2, 0.25) is 0 Å². The number of hydrogen-bond donors (Lipinski definition) is 1. The monoisotopic (exact) mass is 274 g/mol. The topological polar surface area (TPSA) is 41.1 Å². The Morgan fingerprint density at radius 1 is 1.05 bits per heavy atom. The maximum atomic E-state index is 4.49. The number of nitrogens with zero attached hydrogens (tertiary/aromatic N) is 3. The molecule has 1 aliphatic carbocycles.